The van der Waals surface area contributed by atoms with Gasteiger partial charge in [-0.25, -0.2) is 4.79 Å². The number of carbonyl (C=O) groups excluding carboxylic acids is 2. The average molecular weight is 455 g/mol. The van der Waals surface area contributed by atoms with Crippen LogP contribution in [0.5, 0.6) is 11.5 Å². The van der Waals surface area contributed by atoms with Gasteiger partial charge in [0.15, 0.2) is 0 Å². The van der Waals surface area contributed by atoms with E-state index in [0.29, 0.717) is 22.9 Å². The molecule has 2 amide bonds. The van der Waals surface area contributed by atoms with Gasteiger partial charge >= 0.3 is 11.8 Å². The summed E-state index contributed by atoms with van der Waals surface area (Å²) in [5.74, 6) is 0.763. The van der Waals surface area contributed by atoms with Crippen LogP contribution in [0.1, 0.15) is 27.7 Å². The van der Waals surface area contributed by atoms with E-state index in [-0.39, 0.29) is 5.91 Å². The molecule has 156 valence electrons. The average Bonchev–Trinajstić information content (AvgIpc) is 2.56. The molecule has 1 atom stereocenters. The van der Waals surface area contributed by atoms with Crippen molar-refractivity contribution in [2.75, 3.05) is 10.6 Å². The standard InChI is InChI=1S/C19H23N2O5PS2/c1-13(22)20-14-5-9-16(10-6-14)25-27(28,29)26-17-11-7-15(8-12-17)21-18(23)24-19(2,3)4/h5-12H,1-4H3,(H,20,22)(H,21,23)(H,28,29). The quantitative estimate of drug-likeness (QED) is 0.389. The summed E-state index contributed by atoms with van der Waals surface area (Å²) in [7, 11) is 0. The fourth-order valence-electron chi connectivity index (χ4n) is 2.11. The normalized spacial score (nSPS) is 13.0. The van der Waals surface area contributed by atoms with Crippen molar-refractivity contribution in [3.05, 3.63) is 48.5 Å². The summed E-state index contributed by atoms with van der Waals surface area (Å²) < 4.78 is 16.6. The zero-order chi connectivity index (χ0) is 21.7. The summed E-state index contributed by atoms with van der Waals surface area (Å²) in [5, 5.41) is 5.30. The molecule has 0 aliphatic rings. The van der Waals surface area contributed by atoms with E-state index in [1.807, 2.05) is 0 Å². The van der Waals surface area contributed by atoms with Crippen molar-refractivity contribution >= 4 is 53.1 Å². The van der Waals surface area contributed by atoms with Gasteiger partial charge in [-0.15, -0.1) is 0 Å². The van der Waals surface area contributed by atoms with E-state index in [1.165, 1.54) is 6.92 Å². The van der Waals surface area contributed by atoms with E-state index in [2.05, 4.69) is 22.9 Å². The Labute approximate surface area is 180 Å². The second kappa shape index (κ2) is 9.52. The molecule has 7 nitrogen and oxygen atoms in total. The molecule has 0 bridgehead atoms. The number of hydrogen-bond acceptors (Lipinski definition) is 6. The van der Waals surface area contributed by atoms with E-state index in [0.717, 1.165) is 0 Å². The number of ether oxygens (including phenoxy) is 1. The fourth-order valence-corrected chi connectivity index (χ4v) is 4.00. The number of thiol groups is 1. The minimum atomic E-state index is -2.92. The van der Waals surface area contributed by atoms with Crippen LogP contribution in [0.15, 0.2) is 48.5 Å². The van der Waals surface area contributed by atoms with Crippen molar-refractivity contribution in [1.82, 2.24) is 0 Å². The van der Waals surface area contributed by atoms with Crippen molar-refractivity contribution < 1.29 is 23.4 Å². The lowest BCUT2D eigenvalue weighted by atomic mass is 10.2. The van der Waals surface area contributed by atoms with Crippen LogP contribution in [-0.4, -0.2) is 17.6 Å². The molecule has 0 saturated heterocycles. The highest BCUT2D eigenvalue weighted by Gasteiger charge is 2.18. The van der Waals surface area contributed by atoms with Gasteiger partial charge in [-0.2, -0.15) is 0 Å². The number of benzene rings is 2. The maximum atomic E-state index is 11.8. The Bertz CT molecular complexity index is 912. The molecule has 0 radical (unpaired) electrons. The minimum absolute atomic E-state index is 0.161. The molecular weight excluding hydrogens is 431 g/mol. The molecular formula is C19H23N2O5PS2. The predicted octanol–water partition coefficient (Wildman–Crippen LogP) is 5.60. The Morgan fingerprint density at radius 3 is 1.69 bits per heavy atom. The predicted molar refractivity (Wildman–Crippen MR) is 122 cm³/mol. The highest BCUT2D eigenvalue weighted by atomic mass is 32.9. The molecule has 0 fully saturated rings. The zero-order valence-electron chi connectivity index (χ0n) is 16.5. The largest absolute Gasteiger partial charge is 0.444 e. The van der Waals surface area contributed by atoms with Gasteiger partial charge in [0.1, 0.15) is 17.1 Å². The van der Waals surface area contributed by atoms with Crippen LogP contribution in [0.2, 0.25) is 0 Å². The monoisotopic (exact) mass is 454 g/mol. The Morgan fingerprint density at radius 1 is 0.897 bits per heavy atom. The molecule has 2 aromatic carbocycles. The maximum absolute atomic E-state index is 11.8. The minimum Gasteiger partial charge on any atom is -0.444 e. The molecule has 29 heavy (non-hydrogen) atoms. The van der Waals surface area contributed by atoms with E-state index in [9.17, 15) is 9.59 Å². The van der Waals surface area contributed by atoms with Gasteiger partial charge in [0, 0.05) is 18.3 Å². The molecule has 1 unspecified atom stereocenters. The third kappa shape index (κ3) is 8.77. The summed E-state index contributed by atoms with van der Waals surface area (Å²) in [6.45, 7) is 6.80. The molecule has 0 aromatic heterocycles. The SMILES string of the molecule is CC(=O)Nc1ccc(OP(=S)(S)Oc2ccc(NC(=O)OC(C)(C)C)cc2)cc1. The summed E-state index contributed by atoms with van der Waals surface area (Å²) >= 11 is 9.69. The van der Waals surface area contributed by atoms with E-state index >= 15 is 0 Å². The summed E-state index contributed by atoms with van der Waals surface area (Å²) in [5.41, 5.74) is -2.31. The van der Waals surface area contributed by atoms with Gasteiger partial charge in [-0.3, -0.25) is 10.1 Å². The Hall–Kier alpha value is -2.22. The Kier molecular flexibility index (Phi) is 7.57. The lowest BCUT2D eigenvalue weighted by Crippen LogP contribution is -2.27. The van der Waals surface area contributed by atoms with Crippen LogP contribution in [0.4, 0.5) is 16.2 Å². The fraction of sp³-hybridized carbons (Fsp3) is 0.263. The van der Waals surface area contributed by atoms with Crippen LogP contribution in [0.3, 0.4) is 0 Å². The molecule has 0 spiro atoms. The number of anilines is 2. The highest BCUT2D eigenvalue weighted by Crippen LogP contribution is 2.53. The first-order valence-electron chi connectivity index (χ1n) is 8.62. The maximum Gasteiger partial charge on any atom is 0.412 e. The van der Waals surface area contributed by atoms with E-state index < -0.39 is 17.4 Å². The molecule has 2 rings (SSSR count). The smallest absolute Gasteiger partial charge is 0.412 e. The van der Waals surface area contributed by atoms with Gasteiger partial charge in [0.2, 0.25) is 5.91 Å². The molecule has 2 aromatic rings. The number of rotatable bonds is 6. The van der Waals surface area contributed by atoms with Crippen molar-refractivity contribution in [3.8, 4) is 11.5 Å². The Balaban J connectivity index is 1.95. The van der Waals surface area contributed by atoms with Crippen LogP contribution in [-0.2, 0) is 21.3 Å². The first-order chi connectivity index (χ1) is 13.4. The molecule has 0 heterocycles. The van der Waals surface area contributed by atoms with E-state index in [4.69, 9.17) is 25.6 Å². The first kappa shape index (κ1) is 23.1. The van der Waals surface area contributed by atoms with Gasteiger partial charge in [-0.05, 0) is 81.1 Å². The number of hydrogen-bond donors (Lipinski definition) is 3. The third-order valence-corrected chi connectivity index (χ3v) is 4.94. The van der Waals surface area contributed by atoms with Crippen molar-refractivity contribution in [1.29, 1.82) is 0 Å². The van der Waals surface area contributed by atoms with Gasteiger partial charge in [0.25, 0.3) is 0 Å². The summed E-state index contributed by atoms with van der Waals surface area (Å²) in [4.78, 5) is 22.9. The Morgan fingerprint density at radius 2 is 1.31 bits per heavy atom. The number of nitrogens with one attached hydrogen (secondary N) is 2. The zero-order valence-corrected chi connectivity index (χ0v) is 19.1. The molecule has 2 N–H and O–H groups in total. The molecule has 0 aliphatic carbocycles. The lowest BCUT2D eigenvalue weighted by molar-refractivity contribution is -0.114. The second-order valence-corrected chi connectivity index (χ2v) is 12.1. The van der Waals surface area contributed by atoms with Crippen LogP contribution >= 0.6 is 17.9 Å². The summed E-state index contributed by atoms with van der Waals surface area (Å²) in [6, 6.07) is 13.3. The second-order valence-electron chi connectivity index (χ2n) is 7.01. The highest BCUT2D eigenvalue weighted by molar-refractivity contribution is 8.60. The van der Waals surface area contributed by atoms with Crippen molar-refractivity contribution in [3.63, 3.8) is 0 Å². The van der Waals surface area contributed by atoms with Gasteiger partial charge < -0.3 is 19.1 Å². The first-order valence-corrected chi connectivity index (χ1v) is 12.4. The molecule has 0 saturated carbocycles. The van der Waals surface area contributed by atoms with Crippen molar-refractivity contribution in [2.24, 2.45) is 0 Å². The van der Waals surface area contributed by atoms with Crippen LogP contribution in [0, 0.1) is 0 Å². The number of carbonyl (C=O) groups is 2. The van der Waals surface area contributed by atoms with Gasteiger partial charge in [-0.1, -0.05) is 12.2 Å². The van der Waals surface area contributed by atoms with Crippen molar-refractivity contribution in [2.45, 2.75) is 33.3 Å². The van der Waals surface area contributed by atoms with E-state index in [1.54, 1.807) is 69.3 Å². The molecule has 0 aliphatic heterocycles. The van der Waals surface area contributed by atoms with Gasteiger partial charge in [0.05, 0.1) is 0 Å². The number of amides is 2. The van der Waals surface area contributed by atoms with Crippen LogP contribution in [0.25, 0.3) is 0 Å². The lowest BCUT2D eigenvalue weighted by Gasteiger charge is -2.20. The topological polar surface area (TPSA) is 85.9 Å². The summed E-state index contributed by atoms with van der Waals surface area (Å²) in [6.07, 6.45) is -0.545. The van der Waals surface area contributed by atoms with Crippen LogP contribution < -0.4 is 19.7 Å². The third-order valence-electron chi connectivity index (χ3n) is 3.12. The molecule has 10 heteroatoms.